The number of nitrogens with two attached hydrogens (primary N) is 1. The van der Waals surface area contributed by atoms with Gasteiger partial charge in [0.2, 0.25) is 0 Å². The first-order chi connectivity index (χ1) is 4.74. The molecule has 0 fully saturated rings. The Hall–Kier alpha value is -0.800. The van der Waals surface area contributed by atoms with Crippen molar-refractivity contribution in [2.45, 2.75) is 13.0 Å². The first-order valence-corrected chi connectivity index (χ1v) is 3.15. The van der Waals surface area contributed by atoms with Crippen LogP contribution in [0.2, 0.25) is 0 Å². The maximum atomic E-state index is 8.63. The van der Waals surface area contributed by atoms with E-state index in [9.17, 15) is 0 Å². The van der Waals surface area contributed by atoms with Crippen LogP contribution in [0.3, 0.4) is 0 Å². The molecule has 0 radical (unpaired) electrons. The molecule has 0 bridgehead atoms. The van der Waals surface area contributed by atoms with Gasteiger partial charge in [-0.25, -0.2) is 0 Å². The number of rotatable bonds is 2. The molecule has 1 aromatic rings. The Morgan fingerprint density at radius 3 is 2.90 bits per heavy atom. The van der Waals surface area contributed by atoms with Gasteiger partial charge in [-0.3, -0.25) is 0 Å². The maximum Gasteiger partial charge on any atom is 0.101 e. The van der Waals surface area contributed by atoms with E-state index in [0.717, 1.165) is 11.3 Å². The van der Waals surface area contributed by atoms with E-state index in [1.807, 2.05) is 13.0 Å². The Bertz CT molecular complexity index is 207. The van der Waals surface area contributed by atoms with E-state index in [4.69, 9.17) is 15.3 Å². The van der Waals surface area contributed by atoms with Crippen molar-refractivity contribution in [2.75, 3.05) is 6.61 Å². The molecule has 3 N–H and O–H groups in total. The average Bonchev–Trinajstić information content (AvgIpc) is 2.34. The fraction of sp³-hybridized carbons (Fsp3) is 0.429. The summed E-state index contributed by atoms with van der Waals surface area (Å²) in [6.45, 7) is 1.80. The quantitative estimate of drug-likeness (QED) is 0.633. The van der Waals surface area contributed by atoms with E-state index in [1.165, 1.54) is 0 Å². The predicted molar refractivity (Wildman–Crippen MR) is 37.5 cm³/mol. The van der Waals surface area contributed by atoms with Gasteiger partial charge in [0.15, 0.2) is 0 Å². The molecule has 0 amide bonds. The van der Waals surface area contributed by atoms with Gasteiger partial charge in [-0.1, -0.05) is 0 Å². The highest BCUT2D eigenvalue weighted by atomic mass is 16.3. The molecule has 0 unspecified atom stereocenters. The van der Waals surface area contributed by atoms with Crippen LogP contribution in [0.4, 0.5) is 0 Å². The smallest absolute Gasteiger partial charge is 0.101 e. The van der Waals surface area contributed by atoms with Crippen molar-refractivity contribution >= 4 is 0 Å². The molecular weight excluding hydrogens is 130 g/mol. The molecule has 1 rings (SSSR count). The number of furan rings is 1. The molecule has 0 aliphatic rings. The fourth-order valence-corrected chi connectivity index (χ4v) is 0.764. The van der Waals surface area contributed by atoms with Crippen LogP contribution in [0, 0.1) is 6.92 Å². The topological polar surface area (TPSA) is 59.4 Å². The van der Waals surface area contributed by atoms with Crippen molar-refractivity contribution in [3.8, 4) is 0 Å². The molecule has 0 saturated carbocycles. The molecule has 0 aromatic carbocycles. The van der Waals surface area contributed by atoms with Gasteiger partial charge in [0.1, 0.15) is 5.76 Å². The third-order valence-corrected chi connectivity index (χ3v) is 1.38. The molecular formula is C7H11NO2. The fourth-order valence-electron chi connectivity index (χ4n) is 0.764. The van der Waals surface area contributed by atoms with Crippen LogP contribution in [-0.2, 0) is 0 Å². The van der Waals surface area contributed by atoms with Crippen molar-refractivity contribution < 1.29 is 9.52 Å². The Kier molecular flexibility index (Phi) is 2.09. The zero-order valence-corrected chi connectivity index (χ0v) is 5.87. The minimum absolute atomic E-state index is 0.0427. The summed E-state index contributed by atoms with van der Waals surface area (Å²) in [6.07, 6.45) is 1.57. The Morgan fingerprint density at radius 1 is 1.80 bits per heavy atom. The minimum atomic E-state index is -0.308. The molecule has 0 spiro atoms. The van der Waals surface area contributed by atoms with E-state index >= 15 is 0 Å². The predicted octanol–water partition coefficient (Wildman–Crippen LogP) is 0.580. The Balaban J connectivity index is 2.74. The van der Waals surface area contributed by atoms with E-state index in [0.29, 0.717) is 0 Å². The van der Waals surface area contributed by atoms with E-state index in [1.54, 1.807) is 6.26 Å². The number of aliphatic hydroxyl groups is 1. The van der Waals surface area contributed by atoms with Crippen LogP contribution in [0.5, 0.6) is 0 Å². The van der Waals surface area contributed by atoms with E-state index in [-0.39, 0.29) is 12.6 Å². The zero-order valence-electron chi connectivity index (χ0n) is 5.87. The summed E-state index contributed by atoms with van der Waals surface area (Å²) in [5, 5.41) is 8.63. The summed E-state index contributed by atoms with van der Waals surface area (Å²) in [7, 11) is 0. The standard InChI is InChI=1S/C7H11NO2/c1-5-2-6(4-10-5)7(8)3-9/h2,4,7,9H,3,8H2,1H3/t7-/m0/s1. The highest BCUT2D eigenvalue weighted by molar-refractivity contribution is 5.15. The molecule has 0 saturated heterocycles. The molecule has 1 heterocycles. The van der Waals surface area contributed by atoms with E-state index in [2.05, 4.69) is 0 Å². The lowest BCUT2D eigenvalue weighted by Gasteiger charge is -2.01. The van der Waals surface area contributed by atoms with Gasteiger partial charge in [0, 0.05) is 5.56 Å². The summed E-state index contributed by atoms with van der Waals surface area (Å²) in [5.74, 6) is 0.818. The monoisotopic (exact) mass is 141 g/mol. The van der Waals surface area contributed by atoms with Gasteiger partial charge in [0.25, 0.3) is 0 Å². The first-order valence-electron chi connectivity index (χ1n) is 3.15. The van der Waals surface area contributed by atoms with E-state index < -0.39 is 0 Å². The van der Waals surface area contributed by atoms with Gasteiger partial charge in [-0.05, 0) is 13.0 Å². The summed E-state index contributed by atoms with van der Waals surface area (Å²) in [5.41, 5.74) is 6.34. The zero-order chi connectivity index (χ0) is 7.56. The second-order valence-electron chi connectivity index (χ2n) is 2.28. The van der Waals surface area contributed by atoms with Gasteiger partial charge in [0.05, 0.1) is 18.9 Å². The number of hydrogen-bond acceptors (Lipinski definition) is 3. The second-order valence-corrected chi connectivity index (χ2v) is 2.28. The number of hydrogen-bond donors (Lipinski definition) is 2. The van der Waals surface area contributed by atoms with Crippen molar-refractivity contribution in [3.05, 3.63) is 23.7 Å². The Morgan fingerprint density at radius 2 is 2.50 bits per heavy atom. The second kappa shape index (κ2) is 2.86. The molecule has 0 aliphatic carbocycles. The number of aliphatic hydroxyl groups excluding tert-OH is 1. The molecule has 10 heavy (non-hydrogen) atoms. The first kappa shape index (κ1) is 7.31. The van der Waals surface area contributed by atoms with Crippen molar-refractivity contribution in [1.29, 1.82) is 0 Å². The lowest BCUT2D eigenvalue weighted by Crippen LogP contribution is -2.13. The van der Waals surface area contributed by atoms with Crippen LogP contribution in [-0.4, -0.2) is 11.7 Å². The largest absolute Gasteiger partial charge is 0.469 e. The summed E-state index contributed by atoms with van der Waals surface area (Å²) in [4.78, 5) is 0. The highest BCUT2D eigenvalue weighted by Crippen LogP contribution is 2.12. The van der Waals surface area contributed by atoms with Crippen molar-refractivity contribution in [3.63, 3.8) is 0 Å². The van der Waals surface area contributed by atoms with Crippen LogP contribution < -0.4 is 5.73 Å². The lowest BCUT2D eigenvalue weighted by molar-refractivity contribution is 0.267. The average molecular weight is 141 g/mol. The summed E-state index contributed by atoms with van der Waals surface area (Å²) in [6, 6.07) is 1.51. The minimum Gasteiger partial charge on any atom is -0.469 e. The summed E-state index contributed by atoms with van der Waals surface area (Å²) < 4.78 is 5.00. The van der Waals surface area contributed by atoms with Crippen LogP contribution in [0.15, 0.2) is 16.7 Å². The van der Waals surface area contributed by atoms with Crippen LogP contribution in [0.25, 0.3) is 0 Å². The molecule has 3 nitrogen and oxygen atoms in total. The van der Waals surface area contributed by atoms with Gasteiger partial charge < -0.3 is 15.3 Å². The van der Waals surface area contributed by atoms with Gasteiger partial charge in [-0.2, -0.15) is 0 Å². The highest BCUT2D eigenvalue weighted by Gasteiger charge is 2.05. The Labute approximate surface area is 59.5 Å². The third-order valence-electron chi connectivity index (χ3n) is 1.38. The maximum absolute atomic E-state index is 8.63. The number of aryl methyl sites for hydroxylation is 1. The van der Waals surface area contributed by atoms with Gasteiger partial charge in [-0.15, -0.1) is 0 Å². The summed E-state index contributed by atoms with van der Waals surface area (Å²) >= 11 is 0. The van der Waals surface area contributed by atoms with Crippen molar-refractivity contribution in [1.82, 2.24) is 0 Å². The molecule has 1 atom stereocenters. The van der Waals surface area contributed by atoms with Crippen molar-refractivity contribution in [2.24, 2.45) is 5.73 Å². The molecule has 3 heteroatoms. The van der Waals surface area contributed by atoms with Gasteiger partial charge >= 0.3 is 0 Å². The molecule has 56 valence electrons. The molecule has 1 aromatic heterocycles. The van der Waals surface area contributed by atoms with Crippen LogP contribution >= 0.6 is 0 Å². The lowest BCUT2D eigenvalue weighted by atomic mass is 10.2. The van der Waals surface area contributed by atoms with Crippen LogP contribution in [0.1, 0.15) is 17.4 Å². The SMILES string of the molecule is Cc1cc([C@@H](N)CO)co1. The normalized spacial score (nSPS) is 13.5. The molecule has 0 aliphatic heterocycles. The third kappa shape index (κ3) is 1.37.